The van der Waals surface area contributed by atoms with Gasteiger partial charge in [0.1, 0.15) is 47.0 Å². The van der Waals surface area contributed by atoms with Crippen LogP contribution in [-0.2, 0) is 32.8 Å². The van der Waals surface area contributed by atoms with Gasteiger partial charge < -0.3 is 29.2 Å². The first-order valence-corrected chi connectivity index (χ1v) is 17.7. The minimum absolute atomic E-state index is 0.226. The van der Waals surface area contributed by atoms with E-state index in [9.17, 15) is 9.36 Å². The van der Waals surface area contributed by atoms with Gasteiger partial charge >= 0.3 is 13.7 Å². The van der Waals surface area contributed by atoms with Gasteiger partial charge in [0.25, 0.3) is 0 Å². The zero-order chi connectivity index (χ0) is 33.9. The van der Waals surface area contributed by atoms with Crippen molar-refractivity contribution in [3.05, 3.63) is 55.1 Å². The second-order valence-corrected chi connectivity index (χ2v) is 15.5. The molecule has 4 aromatic rings. The SMILES string of the molecule is C[C@H](NP(=O)(OC[C@H]1O[C@@H](n2cnc3c(N)ncnc32)[C@@]2(C)OC3(CCCC3)OC12)Oc1cccc2ccccc12)C(=O)OC(C)(C)C. The molecule has 3 N–H and O–H groups in total. The number of imidazole rings is 1. The number of carbonyl (C=O) groups is 1. The maximum atomic E-state index is 14.7. The van der Waals surface area contributed by atoms with Crippen LogP contribution >= 0.6 is 7.75 Å². The minimum atomic E-state index is -4.27. The van der Waals surface area contributed by atoms with Gasteiger partial charge in [0.2, 0.25) is 0 Å². The first-order valence-electron chi connectivity index (χ1n) is 16.2. The molecule has 2 unspecified atom stereocenters. The Kier molecular flexibility index (Phi) is 8.25. The Labute approximate surface area is 278 Å². The van der Waals surface area contributed by atoms with Crippen molar-refractivity contribution in [2.75, 3.05) is 12.3 Å². The third kappa shape index (κ3) is 6.06. The van der Waals surface area contributed by atoms with Crippen molar-refractivity contribution < 1.29 is 37.4 Å². The lowest BCUT2D eigenvalue weighted by Crippen LogP contribution is -2.42. The minimum Gasteiger partial charge on any atom is -0.459 e. The van der Waals surface area contributed by atoms with Crippen molar-refractivity contribution in [3.8, 4) is 5.75 Å². The zero-order valence-electron chi connectivity index (χ0n) is 27.6. The number of aromatic nitrogens is 4. The van der Waals surface area contributed by atoms with Crippen molar-refractivity contribution in [1.82, 2.24) is 24.6 Å². The molecule has 2 aliphatic heterocycles. The van der Waals surface area contributed by atoms with Crippen LogP contribution in [0.5, 0.6) is 5.75 Å². The van der Waals surface area contributed by atoms with Crippen LogP contribution < -0.4 is 15.3 Å². The normalized spacial score (nSPS) is 26.9. The Morgan fingerprint density at radius 2 is 1.90 bits per heavy atom. The Bertz CT molecular complexity index is 1890. The molecule has 1 saturated carbocycles. The molecule has 3 fully saturated rings. The summed E-state index contributed by atoms with van der Waals surface area (Å²) >= 11 is 0. The van der Waals surface area contributed by atoms with Crippen molar-refractivity contribution in [3.63, 3.8) is 0 Å². The number of ether oxygens (including phenoxy) is 4. The third-order valence-corrected chi connectivity index (χ3v) is 10.6. The highest BCUT2D eigenvalue weighted by molar-refractivity contribution is 7.52. The van der Waals surface area contributed by atoms with Crippen molar-refractivity contribution in [1.29, 1.82) is 0 Å². The fourth-order valence-electron chi connectivity index (χ4n) is 6.83. The molecule has 1 spiro atoms. The fourth-order valence-corrected chi connectivity index (χ4v) is 8.35. The average Bonchev–Trinajstić information content (AvgIpc) is 3.79. The van der Waals surface area contributed by atoms with E-state index in [0.717, 1.165) is 36.5 Å². The number of benzene rings is 2. The number of nitrogens with one attached hydrogen (secondary N) is 1. The van der Waals surface area contributed by atoms with Gasteiger partial charge in [-0.2, -0.15) is 5.09 Å². The number of carbonyl (C=O) groups excluding carboxylic acids is 1. The Morgan fingerprint density at radius 1 is 1.15 bits per heavy atom. The highest BCUT2D eigenvalue weighted by atomic mass is 31.2. The molecule has 256 valence electrons. The van der Waals surface area contributed by atoms with Crippen molar-refractivity contribution >= 4 is 41.5 Å². The van der Waals surface area contributed by atoms with Crippen LogP contribution in [0.1, 0.15) is 66.5 Å². The summed E-state index contributed by atoms with van der Waals surface area (Å²) in [6, 6.07) is 11.9. The quantitative estimate of drug-likeness (QED) is 0.170. The summed E-state index contributed by atoms with van der Waals surface area (Å²) in [4.78, 5) is 25.9. The molecule has 4 heterocycles. The summed E-state index contributed by atoms with van der Waals surface area (Å²) in [5, 5.41) is 4.41. The van der Waals surface area contributed by atoms with Gasteiger partial charge in [0.05, 0.1) is 12.9 Å². The summed E-state index contributed by atoms with van der Waals surface area (Å²) in [6.07, 6.45) is 4.23. The highest BCUT2D eigenvalue weighted by Gasteiger charge is 2.67. The van der Waals surface area contributed by atoms with Crippen molar-refractivity contribution in [2.45, 2.75) is 102 Å². The molecule has 0 bridgehead atoms. The number of nitrogen functional groups attached to an aromatic ring is 1. The second-order valence-electron chi connectivity index (χ2n) is 13.8. The number of esters is 1. The number of rotatable bonds is 9. The predicted octanol–water partition coefficient (Wildman–Crippen LogP) is 5.43. The van der Waals surface area contributed by atoms with Crippen LogP contribution in [0.25, 0.3) is 21.9 Å². The molecule has 7 rings (SSSR count). The van der Waals surface area contributed by atoms with E-state index in [4.69, 9.17) is 33.7 Å². The van der Waals surface area contributed by atoms with E-state index in [0.29, 0.717) is 16.9 Å². The van der Waals surface area contributed by atoms with Gasteiger partial charge in [-0.15, -0.1) is 0 Å². The molecule has 48 heavy (non-hydrogen) atoms. The number of anilines is 1. The van der Waals surface area contributed by atoms with Crippen molar-refractivity contribution in [2.24, 2.45) is 0 Å². The summed E-state index contributed by atoms with van der Waals surface area (Å²) < 4.78 is 54.4. The molecule has 15 heteroatoms. The standard InChI is InChI=1S/C33H41N6O8P/c1-20(29(40)45-31(2,3)4)38-48(41,46-23-14-10-12-21-11-6-7-13-22(21)23)42-17-24-26-32(5,47-33(44-26)15-8-9-16-33)30(43-24)39-19-37-25-27(34)35-18-36-28(25)39/h6-7,10-14,18-20,24,26,30H,8-9,15-17H2,1-5H3,(H,38,41)(H2,34,35,36)/t20-,24+,26?,30+,32-,48?/m0/s1. The Balaban J connectivity index is 1.20. The molecule has 0 amide bonds. The first kappa shape index (κ1) is 32.9. The number of nitrogens with two attached hydrogens (primary N) is 1. The van der Waals surface area contributed by atoms with E-state index in [1.54, 1.807) is 50.7 Å². The Hall–Kier alpha value is -3.65. The number of nitrogens with zero attached hydrogens (tertiary/aromatic N) is 4. The van der Waals surface area contributed by atoms with E-state index in [2.05, 4.69) is 20.0 Å². The van der Waals surface area contributed by atoms with Gasteiger partial charge in [0, 0.05) is 18.2 Å². The van der Waals surface area contributed by atoms with Crippen LogP contribution in [0.15, 0.2) is 55.1 Å². The van der Waals surface area contributed by atoms with E-state index in [1.165, 1.54) is 6.33 Å². The summed E-state index contributed by atoms with van der Waals surface area (Å²) in [7, 11) is -4.27. The molecule has 2 saturated heterocycles. The summed E-state index contributed by atoms with van der Waals surface area (Å²) in [6.45, 7) is 8.53. The van der Waals surface area contributed by atoms with Gasteiger partial charge in [-0.1, -0.05) is 36.4 Å². The second kappa shape index (κ2) is 12.0. The highest BCUT2D eigenvalue weighted by Crippen LogP contribution is 2.56. The van der Waals surface area contributed by atoms with Gasteiger partial charge in [-0.25, -0.2) is 19.5 Å². The lowest BCUT2D eigenvalue weighted by Gasteiger charge is -2.31. The van der Waals surface area contributed by atoms with Gasteiger partial charge in [0.15, 0.2) is 23.5 Å². The molecule has 0 radical (unpaired) electrons. The number of hydrogen-bond donors (Lipinski definition) is 2. The van der Waals surface area contributed by atoms with Crippen LogP contribution in [0.3, 0.4) is 0 Å². The molecule has 1 aliphatic carbocycles. The Morgan fingerprint density at radius 3 is 2.67 bits per heavy atom. The molecule has 2 aromatic heterocycles. The lowest BCUT2D eigenvalue weighted by atomic mass is 9.96. The maximum absolute atomic E-state index is 14.7. The topological polar surface area (TPSA) is 171 Å². The van der Waals surface area contributed by atoms with E-state index >= 15 is 0 Å². The van der Waals surface area contributed by atoms with Gasteiger partial charge in [-0.05, 0) is 58.9 Å². The molecule has 3 aliphatic rings. The molecule has 2 aromatic carbocycles. The number of fused-ring (bicyclic) bond motifs is 3. The average molecular weight is 681 g/mol. The lowest BCUT2D eigenvalue weighted by molar-refractivity contribution is -0.231. The fraction of sp³-hybridized carbons (Fsp3) is 0.515. The predicted molar refractivity (Wildman–Crippen MR) is 176 cm³/mol. The van der Waals surface area contributed by atoms with Crippen LogP contribution in [0.4, 0.5) is 5.82 Å². The van der Waals surface area contributed by atoms with Gasteiger partial charge in [-0.3, -0.25) is 13.9 Å². The van der Waals surface area contributed by atoms with Crippen LogP contribution in [0.2, 0.25) is 0 Å². The molecular weight excluding hydrogens is 639 g/mol. The van der Waals surface area contributed by atoms with Crippen LogP contribution in [-0.4, -0.2) is 67.3 Å². The van der Waals surface area contributed by atoms with E-state index in [1.807, 2.05) is 37.3 Å². The molecule has 6 atom stereocenters. The largest absolute Gasteiger partial charge is 0.459 e. The number of hydrogen-bond acceptors (Lipinski definition) is 12. The van der Waals surface area contributed by atoms with Crippen LogP contribution in [0, 0.1) is 0 Å². The summed E-state index contributed by atoms with van der Waals surface area (Å²) in [5.74, 6) is -0.827. The van der Waals surface area contributed by atoms with E-state index < -0.39 is 55.2 Å². The smallest absolute Gasteiger partial charge is 0.459 e. The first-order chi connectivity index (χ1) is 22.8. The van der Waals surface area contributed by atoms with E-state index in [-0.39, 0.29) is 12.4 Å². The monoisotopic (exact) mass is 680 g/mol. The third-order valence-electron chi connectivity index (χ3n) is 8.94. The molecule has 14 nitrogen and oxygen atoms in total. The molecular formula is C33H41N6O8P. The summed E-state index contributed by atoms with van der Waals surface area (Å²) in [5.41, 5.74) is 5.25. The maximum Gasteiger partial charge on any atom is 0.459 e. The zero-order valence-corrected chi connectivity index (χ0v) is 28.5.